The van der Waals surface area contributed by atoms with Crippen molar-refractivity contribution in [3.63, 3.8) is 0 Å². The second-order valence-electron chi connectivity index (χ2n) is 5.64. The Morgan fingerprint density at radius 1 is 0.857 bits per heavy atom. The topological polar surface area (TPSA) is 12.0 Å². The van der Waals surface area contributed by atoms with Crippen LogP contribution in [0.4, 0.5) is 0 Å². The molecule has 21 heavy (non-hydrogen) atoms. The molecular formula is C18H20BrNS. The van der Waals surface area contributed by atoms with Gasteiger partial charge < -0.3 is 5.32 Å². The summed E-state index contributed by atoms with van der Waals surface area (Å²) >= 11 is 1.93. The summed E-state index contributed by atoms with van der Waals surface area (Å²) in [6, 6.07) is 11.4. The largest absolute Gasteiger partial charge is 0.316 e. The summed E-state index contributed by atoms with van der Waals surface area (Å²) in [5.41, 5.74) is 7.73. The molecule has 0 amide bonds. The van der Waals surface area contributed by atoms with Crippen LogP contribution in [0.5, 0.6) is 0 Å². The van der Waals surface area contributed by atoms with E-state index in [0.29, 0.717) is 0 Å². The molecule has 1 nitrogen and oxygen atoms in total. The molecule has 1 saturated heterocycles. The molecule has 0 unspecified atom stereocenters. The van der Waals surface area contributed by atoms with Crippen LogP contribution in [0.2, 0.25) is 0 Å². The number of piperidine rings is 1. The molecule has 1 aromatic carbocycles. The number of fused-ring (bicyclic) bond motifs is 2. The van der Waals surface area contributed by atoms with E-state index in [1.54, 1.807) is 16.0 Å². The van der Waals surface area contributed by atoms with Crippen LogP contribution in [0.25, 0.3) is 5.57 Å². The minimum absolute atomic E-state index is 0. The van der Waals surface area contributed by atoms with Crippen molar-refractivity contribution in [2.75, 3.05) is 13.1 Å². The van der Waals surface area contributed by atoms with E-state index < -0.39 is 0 Å². The van der Waals surface area contributed by atoms with Gasteiger partial charge in [0.15, 0.2) is 0 Å². The average Bonchev–Trinajstić information content (AvgIpc) is 2.90. The molecule has 110 valence electrons. The molecule has 0 atom stereocenters. The van der Waals surface area contributed by atoms with E-state index in [4.69, 9.17) is 0 Å². The zero-order valence-corrected chi connectivity index (χ0v) is 14.6. The summed E-state index contributed by atoms with van der Waals surface area (Å²) in [6.45, 7) is 2.25. The Bertz CT molecular complexity index is 663. The molecule has 0 spiro atoms. The van der Waals surface area contributed by atoms with Gasteiger partial charge in [0, 0.05) is 4.88 Å². The van der Waals surface area contributed by atoms with E-state index in [1.807, 2.05) is 11.3 Å². The fraction of sp³-hybridized carbons (Fsp3) is 0.333. The zero-order chi connectivity index (χ0) is 13.4. The molecule has 1 fully saturated rings. The first-order chi connectivity index (χ1) is 9.93. The fourth-order valence-corrected chi connectivity index (χ4v) is 4.38. The average molecular weight is 362 g/mol. The van der Waals surface area contributed by atoms with Crippen LogP contribution >= 0.6 is 28.3 Å². The second-order valence-corrected chi connectivity index (χ2v) is 6.64. The molecule has 1 N–H and O–H groups in total. The maximum Gasteiger partial charge on any atom is 0.0127 e. The highest BCUT2D eigenvalue weighted by Crippen LogP contribution is 2.39. The minimum atomic E-state index is 0. The van der Waals surface area contributed by atoms with Gasteiger partial charge in [0.05, 0.1) is 0 Å². The van der Waals surface area contributed by atoms with Crippen LogP contribution in [0.1, 0.15) is 34.4 Å². The predicted octanol–water partition coefficient (Wildman–Crippen LogP) is 4.61. The molecular weight excluding hydrogens is 342 g/mol. The first-order valence-electron chi connectivity index (χ1n) is 7.51. The Labute approximate surface area is 140 Å². The standard InChI is InChI=1S/C18H19NS.BrH/c1-2-4-15-13(3-1)5-6-17-16(9-12-20-17)18(15)14-7-10-19-11-8-14;/h1-4,9,12,19H,5-8,10-11H2;1H. The van der Waals surface area contributed by atoms with E-state index in [-0.39, 0.29) is 17.0 Å². The molecule has 0 radical (unpaired) electrons. The van der Waals surface area contributed by atoms with Gasteiger partial charge in [0.1, 0.15) is 0 Å². The number of hydrogen-bond acceptors (Lipinski definition) is 2. The van der Waals surface area contributed by atoms with Crippen molar-refractivity contribution in [1.82, 2.24) is 5.32 Å². The SMILES string of the molecule is Br.c1ccc2c(c1)CCc1sccc1C2=C1CCNCC1. The van der Waals surface area contributed by atoms with Crippen LogP contribution < -0.4 is 5.32 Å². The van der Waals surface area contributed by atoms with Gasteiger partial charge in [0.25, 0.3) is 0 Å². The van der Waals surface area contributed by atoms with E-state index in [9.17, 15) is 0 Å². The van der Waals surface area contributed by atoms with E-state index in [1.165, 1.54) is 42.4 Å². The van der Waals surface area contributed by atoms with Crippen LogP contribution in [0, 0.1) is 0 Å². The van der Waals surface area contributed by atoms with Crippen LogP contribution in [0.15, 0.2) is 41.3 Å². The summed E-state index contributed by atoms with van der Waals surface area (Å²) in [4.78, 5) is 1.57. The van der Waals surface area contributed by atoms with Gasteiger partial charge in [-0.2, -0.15) is 0 Å². The number of halogens is 1. The summed E-state index contributed by atoms with van der Waals surface area (Å²) in [7, 11) is 0. The van der Waals surface area contributed by atoms with E-state index in [2.05, 4.69) is 41.0 Å². The molecule has 2 aromatic rings. The van der Waals surface area contributed by atoms with E-state index in [0.717, 1.165) is 13.1 Å². The highest BCUT2D eigenvalue weighted by Gasteiger charge is 2.22. The molecule has 1 aromatic heterocycles. The summed E-state index contributed by atoms with van der Waals surface area (Å²) < 4.78 is 0. The third kappa shape index (κ3) is 2.75. The van der Waals surface area contributed by atoms with Gasteiger partial charge in [-0.1, -0.05) is 29.8 Å². The maximum absolute atomic E-state index is 3.48. The fourth-order valence-electron chi connectivity index (χ4n) is 3.49. The number of rotatable bonds is 0. The van der Waals surface area contributed by atoms with Crippen molar-refractivity contribution in [2.24, 2.45) is 0 Å². The van der Waals surface area contributed by atoms with Crippen LogP contribution in [0.3, 0.4) is 0 Å². The van der Waals surface area contributed by atoms with Crippen molar-refractivity contribution in [1.29, 1.82) is 0 Å². The molecule has 1 aliphatic carbocycles. The van der Waals surface area contributed by atoms with Gasteiger partial charge >= 0.3 is 0 Å². The zero-order valence-electron chi connectivity index (χ0n) is 12.0. The molecule has 3 heteroatoms. The Kier molecular flexibility index (Phi) is 4.63. The van der Waals surface area contributed by atoms with E-state index >= 15 is 0 Å². The van der Waals surface area contributed by atoms with Crippen LogP contribution in [-0.2, 0) is 12.8 Å². The molecule has 0 saturated carbocycles. The van der Waals surface area contributed by atoms with Crippen molar-refractivity contribution in [2.45, 2.75) is 25.7 Å². The number of thiophene rings is 1. The molecule has 0 bridgehead atoms. The number of nitrogens with one attached hydrogen (secondary N) is 1. The summed E-state index contributed by atoms with van der Waals surface area (Å²) in [5, 5.41) is 5.74. The van der Waals surface area contributed by atoms with Gasteiger partial charge in [-0.15, -0.1) is 28.3 Å². The maximum atomic E-state index is 3.48. The van der Waals surface area contributed by atoms with Gasteiger partial charge in [-0.3, -0.25) is 0 Å². The molecule has 2 heterocycles. The molecule has 1 aliphatic heterocycles. The predicted molar refractivity (Wildman–Crippen MR) is 96.6 cm³/mol. The van der Waals surface area contributed by atoms with Crippen molar-refractivity contribution >= 4 is 33.9 Å². The highest BCUT2D eigenvalue weighted by molar-refractivity contribution is 8.93. The third-order valence-corrected chi connectivity index (χ3v) is 5.46. The normalized spacial score (nSPS) is 17.5. The van der Waals surface area contributed by atoms with Crippen LogP contribution in [-0.4, -0.2) is 13.1 Å². The van der Waals surface area contributed by atoms with Crippen molar-refractivity contribution in [3.8, 4) is 0 Å². The lowest BCUT2D eigenvalue weighted by Crippen LogP contribution is -2.23. The molecule has 4 rings (SSSR count). The van der Waals surface area contributed by atoms with Gasteiger partial charge in [0.2, 0.25) is 0 Å². The lowest BCUT2D eigenvalue weighted by molar-refractivity contribution is 0.611. The van der Waals surface area contributed by atoms with Crippen molar-refractivity contribution in [3.05, 3.63) is 62.9 Å². The second kappa shape index (κ2) is 6.47. The monoisotopic (exact) mass is 361 g/mol. The summed E-state index contributed by atoms with van der Waals surface area (Å²) in [6.07, 6.45) is 4.76. The first-order valence-corrected chi connectivity index (χ1v) is 8.39. The summed E-state index contributed by atoms with van der Waals surface area (Å²) in [5.74, 6) is 0. The third-order valence-electron chi connectivity index (χ3n) is 4.48. The Morgan fingerprint density at radius 3 is 2.52 bits per heavy atom. The molecule has 2 aliphatic rings. The lowest BCUT2D eigenvalue weighted by atomic mass is 9.88. The van der Waals surface area contributed by atoms with Gasteiger partial charge in [-0.05, 0) is 72.5 Å². The number of aryl methyl sites for hydroxylation is 2. The Balaban J connectivity index is 0.00000132. The minimum Gasteiger partial charge on any atom is -0.316 e. The number of benzene rings is 1. The Morgan fingerprint density at radius 2 is 1.67 bits per heavy atom. The lowest BCUT2D eigenvalue weighted by Gasteiger charge is -2.21. The smallest absolute Gasteiger partial charge is 0.0127 e. The van der Waals surface area contributed by atoms with Crippen molar-refractivity contribution < 1.29 is 0 Å². The quantitative estimate of drug-likeness (QED) is 0.722. The van der Waals surface area contributed by atoms with Gasteiger partial charge in [-0.25, -0.2) is 0 Å². The highest BCUT2D eigenvalue weighted by atomic mass is 79.9. The number of hydrogen-bond donors (Lipinski definition) is 1. The Hall–Kier alpha value is -0.900. The first kappa shape index (κ1) is 15.0.